The summed E-state index contributed by atoms with van der Waals surface area (Å²) in [6.45, 7) is 12.7. The van der Waals surface area contributed by atoms with E-state index in [1.54, 1.807) is 0 Å². The van der Waals surface area contributed by atoms with E-state index in [2.05, 4.69) is 20.8 Å². The molecule has 0 bridgehead atoms. The Kier molecular flexibility index (Phi) is 4.07. The van der Waals surface area contributed by atoms with Gasteiger partial charge in [0, 0.05) is 10.8 Å². The molecule has 6 nitrogen and oxygen atoms in total. The molecule has 3 heterocycles. The van der Waals surface area contributed by atoms with Crippen molar-refractivity contribution in [1.29, 1.82) is 0 Å². The SMILES string of the molecule is CC(C)(C)C1OCC(C2OC3OC(C(C)(C)C)OC3C2O)O1. The standard InChI is InChI=1S/C16H28O6/c1-15(2,3)13-18-7-8(19-13)10-9(17)11-12(20-10)22-14(21-11)16(4,5)6/h8-14,17H,7H2,1-6H3. The summed E-state index contributed by atoms with van der Waals surface area (Å²) in [5.41, 5.74) is -0.272. The highest BCUT2D eigenvalue weighted by atomic mass is 16.8. The van der Waals surface area contributed by atoms with Gasteiger partial charge < -0.3 is 28.8 Å². The highest BCUT2D eigenvalue weighted by Gasteiger charge is 2.57. The Hall–Kier alpha value is -0.240. The van der Waals surface area contributed by atoms with Gasteiger partial charge in [-0.25, -0.2) is 0 Å². The Morgan fingerprint density at radius 3 is 1.91 bits per heavy atom. The van der Waals surface area contributed by atoms with Crippen molar-refractivity contribution in [3.63, 3.8) is 0 Å². The first-order valence-corrected chi connectivity index (χ1v) is 7.99. The highest BCUT2D eigenvalue weighted by Crippen LogP contribution is 2.41. The molecule has 0 aliphatic carbocycles. The van der Waals surface area contributed by atoms with E-state index in [4.69, 9.17) is 23.7 Å². The smallest absolute Gasteiger partial charge is 0.190 e. The molecule has 6 heteroatoms. The normalized spacial score (nSPS) is 46.2. The monoisotopic (exact) mass is 316 g/mol. The van der Waals surface area contributed by atoms with E-state index >= 15 is 0 Å². The maximum absolute atomic E-state index is 10.5. The van der Waals surface area contributed by atoms with Crippen LogP contribution in [0.3, 0.4) is 0 Å². The molecule has 0 aromatic carbocycles. The molecule has 0 spiro atoms. The van der Waals surface area contributed by atoms with Gasteiger partial charge in [-0.1, -0.05) is 41.5 Å². The van der Waals surface area contributed by atoms with Crippen molar-refractivity contribution >= 4 is 0 Å². The lowest BCUT2D eigenvalue weighted by Gasteiger charge is -2.29. The number of hydrogen-bond donors (Lipinski definition) is 1. The van der Waals surface area contributed by atoms with Crippen LogP contribution < -0.4 is 0 Å². The van der Waals surface area contributed by atoms with Crippen LogP contribution in [-0.2, 0) is 23.7 Å². The first-order valence-electron chi connectivity index (χ1n) is 7.99. The quantitative estimate of drug-likeness (QED) is 0.793. The van der Waals surface area contributed by atoms with E-state index in [0.717, 1.165) is 0 Å². The van der Waals surface area contributed by atoms with Crippen molar-refractivity contribution < 1.29 is 28.8 Å². The number of hydrogen-bond acceptors (Lipinski definition) is 6. The molecule has 22 heavy (non-hydrogen) atoms. The number of fused-ring (bicyclic) bond motifs is 1. The minimum absolute atomic E-state index is 0.113. The molecular weight excluding hydrogens is 288 g/mol. The second-order valence-electron chi connectivity index (χ2n) is 8.60. The molecule has 0 aromatic heterocycles. The molecule has 3 saturated heterocycles. The first-order chi connectivity index (χ1) is 10.1. The van der Waals surface area contributed by atoms with Crippen LogP contribution >= 0.6 is 0 Å². The molecule has 3 aliphatic heterocycles. The fourth-order valence-corrected chi connectivity index (χ4v) is 2.97. The lowest BCUT2D eigenvalue weighted by Crippen LogP contribution is -2.42. The van der Waals surface area contributed by atoms with Gasteiger partial charge in [-0.05, 0) is 0 Å². The summed E-state index contributed by atoms with van der Waals surface area (Å²) in [6.07, 6.45) is -3.23. The average Bonchev–Trinajstić information content (AvgIpc) is 3.03. The Labute approximate surface area is 132 Å². The minimum atomic E-state index is -0.773. The second-order valence-corrected chi connectivity index (χ2v) is 8.60. The maximum atomic E-state index is 10.5. The van der Waals surface area contributed by atoms with Crippen LogP contribution in [0.5, 0.6) is 0 Å². The van der Waals surface area contributed by atoms with Crippen molar-refractivity contribution in [3.05, 3.63) is 0 Å². The third-order valence-corrected chi connectivity index (χ3v) is 4.26. The van der Waals surface area contributed by atoms with Gasteiger partial charge in [0.05, 0.1) is 6.61 Å². The zero-order chi connectivity index (χ0) is 16.3. The van der Waals surface area contributed by atoms with Crippen molar-refractivity contribution in [3.8, 4) is 0 Å². The molecule has 0 aromatic rings. The topological polar surface area (TPSA) is 66.4 Å². The molecule has 3 aliphatic rings. The van der Waals surface area contributed by atoms with Gasteiger partial charge in [-0.15, -0.1) is 0 Å². The average molecular weight is 316 g/mol. The lowest BCUT2D eigenvalue weighted by molar-refractivity contribution is -0.218. The van der Waals surface area contributed by atoms with Gasteiger partial charge in [-0.2, -0.15) is 0 Å². The summed E-state index contributed by atoms with van der Waals surface area (Å²) in [7, 11) is 0. The van der Waals surface area contributed by atoms with Crippen molar-refractivity contribution in [2.24, 2.45) is 10.8 Å². The molecule has 1 N–H and O–H groups in total. The van der Waals surface area contributed by atoms with Gasteiger partial charge in [0.2, 0.25) is 0 Å². The predicted molar refractivity (Wildman–Crippen MR) is 77.9 cm³/mol. The Bertz CT molecular complexity index is 412. The van der Waals surface area contributed by atoms with E-state index in [1.165, 1.54) is 0 Å². The molecule has 0 saturated carbocycles. The van der Waals surface area contributed by atoms with Gasteiger partial charge in [0.25, 0.3) is 0 Å². The summed E-state index contributed by atoms with van der Waals surface area (Å²) in [4.78, 5) is 0. The molecule has 7 unspecified atom stereocenters. The summed E-state index contributed by atoms with van der Waals surface area (Å²) in [6, 6.07) is 0. The van der Waals surface area contributed by atoms with Gasteiger partial charge in [0.15, 0.2) is 18.9 Å². The Morgan fingerprint density at radius 2 is 1.41 bits per heavy atom. The maximum Gasteiger partial charge on any atom is 0.190 e. The van der Waals surface area contributed by atoms with Crippen LogP contribution in [-0.4, -0.2) is 55.0 Å². The zero-order valence-corrected chi connectivity index (χ0v) is 14.2. The summed E-state index contributed by atoms with van der Waals surface area (Å²) in [5, 5.41) is 10.5. The third kappa shape index (κ3) is 2.92. The Morgan fingerprint density at radius 1 is 0.773 bits per heavy atom. The molecule has 3 rings (SSSR count). The van der Waals surface area contributed by atoms with Gasteiger partial charge >= 0.3 is 0 Å². The number of ether oxygens (including phenoxy) is 5. The van der Waals surface area contributed by atoms with Crippen LogP contribution in [0.1, 0.15) is 41.5 Å². The molecule has 0 radical (unpaired) electrons. The lowest BCUT2D eigenvalue weighted by atomic mass is 9.96. The van der Waals surface area contributed by atoms with Crippen LogP contribution in [0.15, 0.2) is 0 Å². The van der Waals surface area contributed by atoms with E-state index in [1.807, 2.05) is 20.8 Å². The summed E-state index contributed by atoms with van der Waals surface area (Å²) < 4.78 is 29.1. The van der Waals surface area contributed by atoms with E-state index in [0.29, 0.717) is 6.61 Å². The fourth-order valence-electron chi connectivity index (χ4n) is 2.97. The summed E-state index contributed by atoms with van der Waals surface area (Å²) in [5.74, 6) is 0. The highest BCUT2D eigenvalue weighted by molar-refractivity contribution is 4.97. The van der Waals surface area contributed by atoms with Crippen LogP contribution in [0.25, 0.3) is 0 Å². The first kappa shape index (κ1) is 16.6. The van der Waals surface area contributed by atoms with E-state index in [9.17, 15) is 5.11 Å². The van der Waals surface area contributed by atoms with Gasteiger partial charge in [-0.3, -0.25) is 0 Å². The number of aliphatic hydroxyl groups is 1. The predicted octanol–water partition coefficient (Wildman–Crippen LogP) is 1.65. The largest absolute Gasteiger partial charge is 0.387 e. The molecular formula is C16H28O6. The van der Waals surface area contributed by atoms with Gasteiger partial charge in [0.1, 0.15) is 24.4 Å². The third-order valence-electron chi connectivity index (χ3n) is 4.26. The molecule has 3 fully saturated rings. The van der Waals surface area contributed by atoms with Crippen LogP contribution in [0.2, 0.25) is 0 Å². The Balaban J connectivity index is 1.62. The van der Waals surface area contributed by atoms with Crippen molar-refractivity contribution in [2.75, 3.05) is 6.61 Å². The van der Waals surface area contributed by atoms with Crippen LogP contribution in [0.4, 0.5) is 0 Å². The summed E-state index contributed by atoms with van der Waals surface area (Å²) >= 11 is 0. The van der Waals surface area contributed by atoms with Crippen LogP contribution in [0, 0.1) is 10.8 Å². The van der Waals surface area contributed by atoms with Crippen molar-refractivity contribution in [2.45, 2.75) is 84.8 Å². The fraction of sp³-hybridized carbons (Fsp3) is 1.00. The van der Waals surface area contributed by atoms with Crippen molar-refractivity contribution in [1.82, 2.24) is 0 Å². The molecule has 128 valence electrons. The number of rotatable bonds is 1. The zero-order valence-electron chi connectivity index (χ0n) is 14.2. The van der Waals surface area contributed by atoms with E-state index in [-0.39, 0.29) is 29.5 Å². The second kappa shape index (κ2) is 5.40. The minimum Gasteiger partial charge on any atom is -0.387 e. The molecule has 0 amide bonds. The van der Waals surface area contributed by atoms with E-state index < -0.39 is 24.6 Å². The molecule has 7 atom stereocenters. The number of aliphatic hydroxyl groups excluding tert-OH is 1.